The molecule has 0 saturated carbocycles. The molecule has 1 heterocycles. The van der Waals surface area contributed by atoms with Crippen LogP contribution >= 0.6 is 0 Å². The van der Waals surface area contributed by atoms with Crippen LogP contribution in [0.5, 0.6) is 11.5 Å². The first-order valence-corrected chi connectivity index (χ1v) is 10.2. The van der Waals surface area contributed by atoms with Crippen LogP contribution in [0.25, 0.3) is 0 Å². The first-order chi connectivity index (χ1) is 17.3. The number of aldehydes is 2. The third kappa shape index (κ3) is 5.68. The third-order valence-electron chi connectivity index (χ3n) is 4.90. The van der Waals surface area contributed by atoms with Crippen molar-refractivity contribution in [2.45, 2.75) is 0 Å². The molecule has 4 rings (SSSR count). The summed E-state index contributed by atoms with van der Waals surface area (Å²) in [6.07, 6.45) is 1.13. The number of fused-ring (bicyclic) bond motifs is 1. The molecule has 0 amide bonds. The number of esters is 4. The molecule has 0 spiro atoms. The number of hydrogen-bond acceptors (Lipinski definition) is 10. The standard InChI is InChI=1S/C17H14O6.C9H4O4/c1-21-13-5-7-14(8-6-13)23-16(19)11-3-4-12(10-18)15(9-11)17(20)22-2;10-4-5-1-2-6-7(3-5)9(12)13-8(6)11/h3-10H,1-2H3;1-4H. The molecule has 0 aliphatic carbocycles. The van der Waals surface area contributed by atoms with Crippen LogP contribution in [0.1, 0.15) is 62.1 Å². The molecule has 10 nitrogen and oxygen atoms in total. The van der Waals surface area contributed by atoms with Crippen molar-refractivity contribution in [3.05, 3.63) is 94.0 Å². The summed E-state index contributed by atoms with van der Waals surface area (Å²) in [6, 6.07) is 14.7. The van der Waals surface area contributed by atoms with E-state index in [9.17, 15) is 28.8 Å². The minimum Gasteiger partial charge on any atom is -0.497 e. The first kappa shape index (κ1) is 25.5. The number of hydrogen-bond donors (Lipinski definition) is 0. The van der Waals surface area contributed by atoms with Crippen molar-refractivity contribution in [3.8, 4) is 11.5 Å². The largest absolute Gasteiger partial charge is 0.497 e. The molecule has 0 saturated heterocycles. The van der Waals surface area contributed by atoms with Crippen molar-refractivity contribution in [1.82, 2.24) is 0 Å². The molecule has 0 aromatic heterocycles. The van der Waals surface area contributed by atoms with E-state index in [1.807, 2.05) is 0 Å². The summed E-state index contributed by atoms with van der Waals surface area (Å²) in [5.74, 6) is -1.74. The molecule has 0 radical (unpaired) electrons. The smallest absolute Gasteiger partial charge is 0.346 e. The van der Waals surface area contributed by atoms with Gasteiger partial charge in [-0.3, -0.25) is 9.59 Å². The second-order valence-electron chi connectivity index (χ2n) is 7.08. The van der Waals surface area contributed by atoms with Gasteiger partial charge >= 0.3 is 23.9 Å². The van der Waals surface area contributed by atoms with Crippen LogP contribution in [0.15, 0.2) is 60.7 Å². The van der Waals surface area contributed by atoms with Gasteiger partial charge in [-0.05, 0) is 54.6 Å². The van der Waals surface area contributed by atoms with Gasteiger partial charge < -0.3 is 18.9 Å². The summed E-state index contributed by atoms with van der Waals surface area (Å²) in [4.78, 5) is 67.0. The Kier molecular flexibility index (Phi) is 8.03. The third-order valence-corrected chi connectivity index (χ3v) is 4.90. The Morgan fingerprint density at radius 1 is 0.750 bits per heavy atom. The summed E-state index contributed by atoms with van der Waals surface area (Å²) in [5.41, 5.74) is 1.01. The lowest BCUT2D eigenvalue weighted by atomic mass is 10.0. The van der Waals surface area contributed by atoms with Crippen molar-refractivity contribution >= 4 is 36.4 Å². The van der Waals surface area contributed by atoms with E-state index in [-0.39, 0.29) is 27.8 Å². The second-order valence-corrected chi connectivity index (χ2v) is 7.08. The van der Waals surface area contributed by atoms with E-state index in [0.717, 1.165) is 0 Å². The van der Waals surface area contributed by atoms with E-state index >= 15 is 0 Å². The fourth-order valence-electron chi connectivity index (χ4n) is 3.06. The van der Waals surface area contributed by atoms with Crippen molar-refractivity contribution < 1.29 is 47.7 Å². The van der Waals surface area contributed by atoms with Crippen molar-refractivity contribution in [2.75, 3.05) is 14.2 Å². The van der Waals surface area contributed by atoms with Crippen LogP contribution in [-0.2, 0) is 9.47 Å². The van der Waals surface area contributed by atoms with Gasteiger partial charge in [-0.2, -0.15) is 0 Å². The molecule has 182 valence electrons. The van der Waals surface area contributed by atoms with E-state index in [2.05, 4.69) is 9.47 Å². The Morgan fingerprint density at radius 3 is 2.03 bits per heavy atom. The second kappa shape index (κ2) is 11.3. The van der Waals surface area contributed by atoms with Crippen LogP contribution in [0.2, 0.25) is 0 Å². The van der Waals surface area contributed by atoms with Gasteiger partial charge in [0.05, 0.1) is 36.5 Å². The normalized spacial score (nSPS) is 11.3. The molecule has 0 N–H and O–H groups in total. The lowest BCUT2D eigenvalue weighted by Crippen LogP contribution is -2.12. The molecule has 10 heteroatoms. The SMILES string of the molecule is COC(=O)c1cc(C(=O)Oc2ccc(OC)cc2)ccc1C=O.O=Cc1ccc2c(c1)C(=O)OC2=O. The van der Waals surface area contributed by atoms with Crippen molar-refractivity contribution in [3.63, 3.8) is 0 Å². The zero-order chi connectivity index (χ0) is 26.2. The molecule has 3 aromatic rings. The highest BCUT2D eigenvalue weighted by Gasteiger charge is 2.29. The van der Waals surface area contributed by atoms with Gasteiger partial charge in [0.15, 0.2) is 6.29 Å². The Balaban J connectivity index is 0.000000233. The molecule has 36 heavy (non-hydrogen) atoms. The summed E-state index contributed by atoms with van der Waals surface area (Å²) >= 11 is 0. The lowest BCUT2D eigenvalue weighted by Gasteiger charge is -2.08. The average molecular weight is 490 g/mol. The number of carbonyl (C=O) groups excluding carboxylic acids is 6. The maximum Gasteiger partial charge on any atom is 0.346 e. The van der Waals surface area contributed by atoms with Crippen LogP contribution in [0.4, 0.5) is 0 Å². The van der Waals surface area contributed by atoms with E-state index < -0.39 is 23.9 Å². The van der Waals surface area contributed by atoms with E-state index in [4.69, 9.17) is 9.47 Å². The highest BCUT2D eigenvalue weighted by atomic mass is 16.6. The zero-order valence-electron chi connectivity index (χ0n) is 19.0. The van der Waals surface area contributed by atoms with E-state index in [0.29, 0.717) is 29.6 Å². The maximum absolute atomic E-state index is 12.1. The number of ether oxygens (including phenoxy) is 4. The first-order valence-electron chi connectivity index (χ1n) is 10.2. The van der Waals surface area contributed by atoms with Crippen molar-refractivity contribution in [1.29, 1.82) is 0 Å². The number of methoxy groups -OCH3 is 2. The fraction of sp³-hybridized carbons (Fsp3) is 0.0769. The zero-order valence-corrected chi connectivity index (χ0v) is 19.0. The molecule has 0 atom stereocenters. The van der Waals surface area contributed by atoms with Crippen LogP contribution < -0.4 is 9.47 Å². The van der Waals surface area contributed by atoms with Crippen molar-refractivity contribution in [2.24, 2.45) is 0 Å². The van der Waals surface area contributed by atoms with Crippen LogP contribution in [-0.4, -0.2) is 50.7 Å². The van der Waals surface area contributed by atoms with Crippen LogP contribution in [0, 0.1) is 0 Å². The monoisotopic (exact) mass is 490 g/mol. The van der Waals surface area contributed by atoms with Gasteiger partial charge in [-0.1, -0.05) is 6.07 Å². The summed E-state index contributed by atoms with van der Waals surface area (Å²) in [7, 11) is 2.73. The summed E-state index contributed by atoms with van der Waals surface area (Å²) < 4.78 is 19.2. The fourth-order valence-corrected chi connectivity index (χ4v) is 3.06. The molecule has 0 fully saturated rings. The average Bonchev–Trinajstić information content (AvgIpc) is 3.20. The van der Waals surface area contributed by atoms with Gasteiger partial charge in [-0.15, -0.1) is 0 Å². The number of carbonyl (C=O) groups is 6. The summed E-state index contributed by atoms with van der Waals surface area (Å²) in [6.45, 7) is 0. The molecule has 3 aromatic carbocycles. The van der Waals surface area contributed by atoms with Gasteiger partial charge in [-0.25, -0.2) is 19.2 Å². The predicted molar refractivity (Wildman–Crippen MR) is 123 cm³/mol. The molecular formula is C26H18O10. The highest BCUT2D eigenvalue weighted by Crippen LogP contribution is 2.21. The van der Waals surface area contributed by atoms with Gasteiger partial charge in [0.25, 0.3) is 0 Å². The van der Waals surface area contributed by atoms with Gasteiger partial charge in [0.2, 0.25) is 0 Å². The molecule has 0 bridgehead atoms. The van der Waals surface area contributed by atoms with Gasteiger partial charge in [0, 0.05) is 11.1 Å². The topological polar surface area (TPSA) is 139 Å². The Morgan fingerprint density at radius 2 is 1.42 bits per heavy atom. The van der Waals surface area contributed by atoms with E-state index in [1.165, 1.54) is 50.6 Å². The number of benzene rings is 3. The summed E-state index contributed by atoms with van der Waals surface area (Å²) in [5, 5.41) is 0. The highest BCUT2D eigenvalue weighted by molar-refractivity contribution is 6.15. The van der Waals surface area contributed by atoms with Gasteiger partial charge in [0.1, 0.15) is 17.8 Å². The molecule has 1 aliphatic rings. The minimum atomic E-state index is -0.703. The Bertz CT molecular complexity index is 1360. The number of cyclic esters (lactones) is 2. The van der Waals surface area contributed by atoms with Crippen LogP contribution in [0.3, 0.4) is 0 Å². The Labute approximate surface area is 204 Å². The Hall–Kier alpha value is -5.12. The number of rotatable bonds is 6. The minimum absolute atomic E-state index is 0.00619. The molecule has 0 unspecified atom stereocenters. The quantitative estimate of drug-likeness (QED) is 0.219. The molecular weight excluding hydrogens is 472 g/mol. The van der Waals surface area contributed by atoms with E-state index in [1.54, 1.807) is 24.3 Å². The molecule has 1 aliphatic heterocycles. The maximum atomic E-state index is 12.1. The predicted octanol–water partition coefficient (Wildman–Crippen LogP) is 3.32. The lowest BCUT2D eigenvalue weighted by molar-refractivity contribution is 0.0442.